The summed E-state index contributed by atoms with van der Waals surface area (Å²) in [5, 5.41) is 18.6. The van der Waals surface area contributed by atoms with Crippen molar-refractivity contribution in [3.63, 3.8) is 0 Å². The van der Waals surface area contributed by atoms with E-state index in [-0.39, 0.29) is 12.4 Å². The molecule has 1 aromatic heterocycles. The number of aromatic nitrogens is 2. The van der Waals surface area contributed by atoms with Crippen LogP contribution in [0.1, 0.15) is 40.8 Å². The van der Waals surface area contributed by atoms with Crippen molar-refractivity contribution in [3.05, 3.63) is 57.8 Å². The maximum absolute atomic E-state index is 12.4. The summed E-state index contributed by atoms with van der Waals surface area (Å²) in [5.41, 5.74) is -0.869. The van der Waals surface area contributed by atoms with Crippen LogP contribution in [-0.4, -0.2) is 43.7 Å². The molecule has 0 radical (unpaired) electrons. The second-order valence-corrected chi connectivity index (χ2v) is 5.85. The number of aromatic amines is 1. The Hall–Kier alpha value is -3.36. The van der Waals surface area contributed by atoms with Gasteiger partial charge < -0.3 is 19.9 Å². The van der Waals surface area contributed by atoms with E-state index in [1.54, 1.807) is 0 Å². The molecule has 1 aliphatic rings. The highest BCUT2D eigenvalue weighted by atomic mass is 16.6. The first-order valence-corrected chi connectivity index (χ1v) is 8.01. The van der Waals surface area contributed by atoms with Crippen LogP contribution in [0.2, 0.25) is 0 Å². The van der Waals surface area contributed by atoms with Gasteiger partial charge in [0.15, 0.2) is 5.69 Å². The Morgan fingerprint density at radius 1 is 1.31 bits per heavy atom. The number of nitrogens with one attached hydrogen (secondary N) is 1. The summed E-state index contributed by atoms with van der Waals surface area (Å²) in [6.07, 6.45) is 0.564. The maximum Gasteiger partial charge on any atom is 0.410 e. The van der Waals surface area contributed by atoms with E-state index in [4.69, 9.17) is 9.84 Å². The van der Waals surface area contributed by atoms with E-state index in [9.17, 15) is 19.5 Å². The highest BCUT2D eigenvalue weighted by molar-refractivity contribution is 5.88. The number of hydrogen-bond acceptors (Lipinski definition) is 6. The summed E-state index contributed by atoms with van der Waals surface area (Å²) in [7, 11) is 0. The first-order valence-electron chi connectivity index (χ1n) is 8.01. The summed E-state index contributed by atoms with van der Waals surface area (Å²) in [6, 6.07) is 8.56. The number of carboxylic acids is 1. The van der Waals surface area contributed by atoms with E-state index in [0.29, 0.717) is 19.4 Å². The van der Waals surface area contributed by atoms with Crippen molar-refractivity contribution in [3.8, 4) is 5.75 Å². The standard InChI is InChI=1S/C17H17N3O6/c21-13-12(16(23)24)18-14(19-15(13)22)11-7-4-8-20(11)17(25)26-9-10-5-2-1-3-6-10/h1-3,5-6,11,21H,4,7-9H2,(H,23,24)(H,18,19,22). The van der Waals surface area contributed by atoms with E-state index < -0.39 is 35.1 Å². The van der Waals surface area contributed by atoms with Crippen LogP contribution in [-0.2, 0) is 11.3 Å². The Balaban J connectivity index is 1.79. The zero-order valence-electron chi connectivity index (χ0n) is 13.7. The van der Waals surface area contributed by atoms with Crippen LogP contribution in [0.5, 0.6) is 5.75 Å². The van der Waals surface area contributed by atoms with Gasteiger partial charge in [-0.2, -0.15) is 0 Å². The predicted molar refractivity (Wildman–Crippen MR) is 88.8 cm³/mol. The second-order valence-electron chi connectivity index (χ2n) is 5.85. The molecule has 9 heteroatoms. The normalized spacial score (nSPS) is 16.5. The molecule has 1 amide bonds. The van der Waals surface area contributed by atoms with E-state index in [0.717, 1.165) is 5.56 Å². The molecule has 1 aliphatic heterocycles. The van der Waals surface area contributed by atoms with Crippen molar-refractivity contribution in [2.75, 3.05) is 6.54 Å². The van der Waals surface area contributed by atoms with Gasteiger partial charge >= 0.3 is 12.1 Å². The highest BCUT2D eigenvalue weighted by Crippen LogP contribution is 2.30. The predicted octanol–water partition coefficient (Wildman–Crippen LogP) is 1.65. The number of carboxylic acid groups (broad SMARTS) is 1. The van der Waals surface area contributed by atoms with Crippen LogP contribution < -0.4 is 5.56 Å². The number of rotatable bonds is 4. The van der Waals surface area contributed by atoms with Crippen molar-refractivity contribution in [1.82, 2.24) is 14.9 Å². The van der Waals surface area contributed by atoms with Gasteiger partial charge in [-0.1, -0.05) is 30.3 Å². The molecular formula is C17H17N3O6. The van der Waals surface area contributed by atoms with Crippen LogP contribution in [0.15, 0.2) is 35.1 Å². The molecule has 0 spiro atoms. The fourth-order valence-electron chi connectivity index (χ4n) is 2.86. The average molecular weight is 359 g/mol. The number of aromatic hydroxyl groups is 1. The lowest BCUT2D eigenvalue weighted by molar-refractivity contribution is 0.0685. The van der Waals surface area contributed by atoms with Crippen molar-refractivity contribution >= 4 is 12.1 Å². The minimum absolute atomic E-state index is 0.0133. The minimum atomic E-state index is -1.52. The van der Waals surface area contributed by atoms with Crippen LogP contribution in [0.4, 0.5) is 4.79 Å². The van der Waals surface area contributed by atoms with Crippen molar-refractivity contribution in [1.29, 1.82) is 0 Å². The quantitative estimate of drug-likeness (QED) is 0.756. The third-order valence-electron chi connectivity index (χ3n) is 4.12. The van der Waals surface area contributed by atoms with Crippen LogP contribution in [0, 0.1) is 0 Å². The molecule has 1 aromatic carbocycles. The van der Waals surface area contributed by atoms with Crippen LogP contribution in [0.3, 0.4) is 0 Å². The number of carbonyl (C=O) groups excluding carboxylic acids is 1. The molecule has 1 saturated heterocycles. The van der Waals surface area contributed by atoms with E-state index in [1.807, 2.05) is 30.3 Å². The molecule has 26 heavy (non-hydrogen) atoms. The van der Waals surface area contributed by atoms with Crippen LogP contribution in [0.25, 0.3) is 0 Å². The molecule has 0 aliphatic carbocycles. The number of nitrogens with zero attached hydrogens (tertiary/aromatic N) is 2. The summed E-state index contributed by atoms with van der Waals surface area (Å²) >= 11 is 0. The molecular weight excluding hydrogens is 342 g/mol. The average Bonchev–Trinajstić information content (AvgIpc) is 3.12. The number of benzene rings is 1. The topological polar surface area (TPSA) is 133 Å². The molecule has 136 valence electrons. The third-order valence-corrected chi connectivity index (χ3v) is 4.12. The Labute approximate surface area is 147 Å². The van der Waals surface area contributed by atoms with E-state index in [2.05, 4.69) is 9.97 Å². The number of carbonyl (C=O) groups is 2. The number of likely N-dealkylation sites (tertiary alicyclic amines) is 1. The lowest BCUT2D eigenvalue weighted by Crippen LogP contribution is -2.33. The van der Waals surface area contributed by atoms with Gasteiger partial charge in [0.05, 0.1) is 6.04 Å². The van der Waals surface area contributed by atoms with E-state index in [1.165, 1.54) is 4.90 Å². The number of amides is 1. The molecule has 3 rings (SSSR count). The van der Waals surface area contributed by atoms with Crippen molar-refractivity contribution in [2.24, 2.45) is 0 Å². The number of ether oxygens (including phenoxy) is 1. The fourth-order valence-corrected chi connectivity index (χ4v) is 2.86. The molecule has 2 aromatic rings. The van der Waals surface area contributed by atoms with Crippen molar-refractivity contribution in [2.45, 2.75) is 25.5 Å². The number of aromatic carboxylic acids is 1. The lowest BCUT2D eigenvalue weighted by Gasteiger charge is -2.23. The highest BCUT2D eigenvalue weighted by Gasteiger charge is 2.34. The summed E-state index contributed by atoms with van der Waals surface area (Å²) in [4.78, 5) is 42.8. The van der Waals surface area contributed by atoms with Gasteiger partial charge in [0.1, 0.15) is 12.4 Å². The second kappa shape index (κ2) is 7.26. The Kier molecular flexibility index (Phi) is 4.87. The van der Waals surface area contributed by atoms with E-state index >= 15 is 0 Å². The SMILES string of the molecule is O=C(O)c1nc(C2CCCN2C(=O)OCc2ccccc2)[nH]c(=O)c1O. The zero-order valence-corrected chi connectivity index (χ0v) is 13.7. The van der Waals surface area contributed by atoms with Gasteiger partial charge in [-0.15, -0.1) is 0 Å². The molecule has 1 unspecified atom stereocenters. The first kappa shape index (κ1) is 17.5. The van der Waals surface area contributed by atoms with Gasteiger partial charge in [0, 0.05) is 6.54 Å². The zero-order chi connectivity index (χ0) is 18.7. The molecule has 1 atom stereocenters. The Bertz CT molecular complexity index is 880. The summed E-state index contributed by atoms with van der Waals surface area (Å²) in [6.45, 7) is 0.494. The molecule has 2 heterocycles. The molecule has 0 saturated carbocycles. The largest absolute Gasteiger partial charge is 0.501 e. The smallest absolute Gasteiger partial charge is 0.410 e. The molecule has 9 nitrogen and oxygen atoms in total. The molecule has 0 bridgehead atoms. The maximum atomic E-state index is 12.4. The Morgan fingerprint density at radius 2 is 2.04 bits per heavy atom. The first-order chi connectivity index (χ1) is 12.5. The van der Waals surface area contributed by atoms with Gasteiger partial charge in [0.25, 0.3) is 5.56 Å². The monoisotopic (exact) mass is 359 g/mol. The number of hydrogen-bond donors (Lipinski definition) is 3. The van der Waals surface area contributed by atoms with Crippen molar-refractivity contribution < 1.29 is 24.5 Å². The Morgan fingerprint density at radius 3 is 2.73 bits per heavy atom. The van der Waals surface area contributed by atoms with Gasteiger partial charge in [-0.3, -0.25) is 9.69 Å². The van der Waals surface area contributed by atoms with Gasteiger partial charge in [-0.25, -0.2) is 14.6 Å². The molecule has 3 N–H and O–H groups in total. The lowest BCUT2D eigenvalue weighted by atomic mass is 10.2. The fraction of sp³-hybridized carbons (Fsp3) is 0.294. The van der Waals surface area contributed by atoms with Crippen LogP contribution >= 0.6 is 0 Å². The minimum Gasteiger partial charge on any atom is -0.501 e. The molecule has 1 fully saturated rings. The summed E-state index contributed by atoms with van der Waals surface area (Å²) in [5.74, 6) is -2.47. The summed E-state index contributed by atoms with van der Waals surface area (Å²) < 4.78 is 5.30. The third kappa shape index (κ3) is 3.51. The van der Waals surface area contributed by atoms with Gasteiger partial charge in [-0.05, 0) is 18.4 Å². The van der Waals surface area contributed by atoms with Gasteiger partial charge in [0.2, 0.25) is 5.75 Å². The number of H-pyrrole nitrogens is 1.